The van der Waals surface area contributed by atoms with Crippen LogP contribution in [0.4, 0.5) is 4.79 Å². The van der Waals surface area contributed by atoms with Gasteiger partial charge in [0, 0.05) is 26.2 Å². The molecule has 22 heavy (non-hydrogen) atoms. The second-order valence-electron chi connectivity index (χ2n) is 5.53. The number of hydrogen-bond acceptors (Lipinski definition) is 4. The number of nitrogens with zero attached hydrogens (tertiary/aromatic N) is 2. The van der Waals surface area contributed by atoms with Crippen LogP contribution in [0.2, 0.25) is 0 Å². The molecule has 2 aliphatic rings. The smallest absolute Gasteiger partial charge is 0.320 e. The minimum absolute atomic E-state index is 0.0186. The molecule has 0 radical (unpaired) electrons. The highest BCUT2D eigenvalue weighted by Crippen LogP contribution is 2.23. The first-order valence-corrected chi connectivity index (χ1v) is 8.76. The second-order valence-corrected chi connectivity index (χ2v) is 7.09. The lowest BCUT2D eigenvalue weighted by molar-refractivity contribution is 0.0421. The van der Waals surface area contributed by atoms with E-state index in [1.165, 1.54) is 6.07 Å². The van der Waals surface area contributed by atoms with Crippen LogP contribution in [0.5, 0.6) is 0 Å². The Morgan fingerprint density at radius 2 is 1.82 bits per heavy atom. The molecular formula is C14H19N3O4S. The summed E-state index contributed by atoms with van der Waals surface area (Å²) in [5.41, 5.74) is 1.91. The summed E-state index contributed by atoms with van der Waals surface area (Å²) in [4.78, 5) is 16.1. The van der Waals surface area contributed by atoms with Crippen molar-refractivity contribution in [3.8, 4) is 0 Å². The van der Waals surface area contributed by atoms with Crippen molar-refractivity contribution in [2.75, 3.05) is 32.8 Å². The Balaban J connectivity index is 1.79. The van der Waals surface area contributed by atoms with E-state index < -0.39 is 10.0 Å². The minimum atomic E-state index is -3.72. The Morgan fingerprint density at radius 1 is 1.09 bits per heavy atom. The van der Waals surface area contributed by atoms with Gasteiger partial charge in [-0.3, -0.25) is 0 Å². The lowest BCUT2D eigenvalue weighted by Gasteiger charge is -2.35. The Labute approximate surface area is 129 Å². The van der Waals surface area contributed by atoms with Gasteiger partial charge in [-0.15, -0.1) is 0 Å². The Kier molecular flexibility index (Phi) is 4.07. The van der Waals surface area contributed by atoms with Gasteiger partial charge < -0.3 is 14.5 Å². The van der Waals surface area contributed by atoms with Crippen molar-refractivity contribution < 1.29 is 17.9 Å². The highest BCUT2D eigenvalue weighted by atomic mass is 32.2. The van der Waals surface area contributed by atoms with Crippen molar-refractivity contribution in [3.63, 3.8) is 0 Å². The monoisotopic (exact) mass is 325 g/mol. The third-order valence-electron chi connectivity index (χ3n) is 4.07. The van der Waals surface area contributed by atoms with Crippen molar-refractivity contribution in [3.05, 3.63) is 29.3 Å². The molecule has 2 aliphatic heterocycles. The van der Waals surface area contributed by atoms with Gasteiger partial charge in [-0.2, -0.15) is 0 Å². The molecule has 8 heteroatoms. The molecule has 0 saturated carbocycles. The highest BCUT2D eigenvalue weighted by molar-refractivity contribution is 7.89. The normalized spacial score (nSPS) is 19.0. The number of primary sulfonamides is 1. The van der Waals surface area contributed by atoms with E-state index in [-0.39, 0.29) is 10.9 Å². The van der Waals surface area contributed by atoms with E-state index in [1.54, 1.807) is 21.9 Å². The summed E-state index contributed by atoms with van der Waals surface area (Å²) in [7, 11) is -3.72. The van der Waals surface area contributed by atoms with Crippen LogP contribution < -0.4 is 5.14 Å². The lowest BCUT2D eigenvalue weighted by Crippen LogP contribution is -2.49. The number of hydrogen-bond donors (Lipinski definition) is 1. The summed E-state index contributed by atoms with van der Waals surface area (Å²) in [6.45, 7) is 3.36. The lowest BCUT2D eigenvalue weighted by atomic mass is 10.00. The van der Waals surface area contributed by atoms with Gasteiger partial charge in [-0.1, -0.05) is 6.07 Å². The van der Waals surface area contributed by atoms with Crippen molar-refractivity contribution in [2.24, 2.45) is 5.14 Å². The van der Waals surface area contributed by atoms with Crippen LogP contribution in [0.25, 0.3) is 0 Å². The number of morpholine rings is 1. The summed E-state index contributed by atoms with van der Waals surface area (Å²) in [5, 5.41) is 5.17. The molecule has 2 amide bonds. The molecule has 1 fully saturated rings. The molecule has 1 aromatic carbocycles. The maximum Gasteiger partial charge on any atom is 0.320 e. The van der Waals surface area contributed by atoms with E-state index >= 15 is 0 Å². The van der Waals surface area contributed by atoms with E-state index in [1.807, 2.05) is 0 Å². The van der Waals surface area contributed by atoms with Crippen LogP contribution in [0.3, 0.4) is 0 Å². The number of nitrogens with two attached hydrogens (primary N) is 1. The molecule has 0 unspecified atom stereocenters. The summed E-state index contributed by atoms with van der Waals surface area (Å²) >= 11 is 0. The number of fused-ring (bicyclic) bond motifs is 1. The number of sulfonamides is 1. The first kappa shape index (κ1) is 15.3. The number of carbonyl (C=O) groups is 1. The van der Waals surface area contributed by atoms with E-state index in [0.29, 0.717) is 39.4 Å². The third-order valence-corrected chi connectivity index (χ3v) is 4.98. The van der Waals surface area contributed by atoms with Crippen molar-refractivity contribution in [1.82, 2.24) is 9.80 Å². The van der Waals surface area contributed by atoms with Gasteiger partial charge in [0.1, 0.15) is 0 Å². The Morgan fingerprint density at radius 3 is 2.50 bits per heavy atom. The van der Waals surface area contributed by atoms with E-state index in [0.717, 1.165) is 17.5 Å². The Bertz CT molecular complexity index is 683. The zero-order chi connectivity index (χ0) is 15.7. The zero-order valence-corrected chi connectivity index (χ0v) is 13.0. The fraction of sp³-hybridized carbons (Fsp3) is 0.500. The molecule has 0 atom stereocenters. The van der Waals surface area contributed by atoms with Gasteiger partial charge in [-0.25, -0.2) is 18.4 Å². The maximum absolute atomic E-state index is 12.5. The van der Waals surface area contributed by atoms with E-state index in [2.05, 4.69) is 0 Å². The number of rotatable bonds is 1. The van der Waals surface area contributed by atoms with Gasteiger partial charge in [0.2, 0.25) is 10.0 Å². The summed E-state index contributed by atoms with van der Waals surface area (Å²) in [6, 6.07) is 4.86. The number of urea groups is 1. The molecule has 120 valence electrons. The molecule has 0 bridgehead atoms. The molecular weight excluding hydrogens is 306 g/mol. The van der Waals surface area contributed by atoms with E-state index in [4.69, 9.17) is 9.88 Å². The fourth-order valence-electron chi connectivity index (χ4n) is 2.83. The summed E-state index contributed by atoms with van der Waals surface area (Å²) < 4.78 is 28.2. The van der Waals surface area contributed by atoms with Crippen LogP contribution in [-0.2, 0) is 27.7 Å². The number of benzene rings is 1. The van der Waals surface area contributed by atoms with Gasteiger partial charge in [-0.05, 0) is 29.7 Å². The van der Waals surface area contributed by atoms with Crippen LogP contribution >= 0.6 is 0 Å². The standard InChI is InChI=1S/C14H19N3O4S/c15-22(19,20)13-2-1-11-3-4-17(10-12(11)9-13)14(18)16-5-7-21-8-6-16/h1-2,9H,3-8,10H2,(H2,15,19,20). The van der Waals surface area contributed by atoms with Gasteiger partial charge >= 0.3 is 6.03 Å². The molecule has 2 heterocycles. The third kappa shape index (κ3) is 3.08. The predicted octanol–water partition coefficient (Wildman–Crippen LogP) is 0.144. The first-order chi connectivity index (χ1) is 10.4. The summed E-state index contributed by atoms with van der Waals surface area (Å²) in [6.07, 6.45) is 0.719. The topological polar surface area (TPSA) is 92.9 Å². The molecule has 1 saturated heterocycles. The molecule has 7 nitrogen and oxygen atoms in total. The average molecular weight is 325 g/mol. The van der Waals surface area contributed by atoms with E-state index in [9.17, 15) is 13.2 Å². The molecule has 3 rings (SSSR count). The Hall–Kier alpha value is -1.64. The molecule has 0 aromatic heterocycles. The average Bonchev–Trinajstić information content (AvgIpc) is 2.53. The minimum Gasteiger partial charge on any atom is -0.378 e. The quantitative estimate of drug-likeness (QED) is 0.795. The van der Waals surface area contributed by atoms with Crippen LogP contribution in [0.1, 0.15) is 11.1 Å². The van der Waals surface area contributed by atoms with Gasteiger partial charge in [0.25, 0.3) is 0 Å². The van der Waals surface area contributed by atoms with Crippen LogP contribution in [-0.4, -0.2) is 57.1 Å². The van der Waals surface area contributed by atoms with Gasteiger partial charge in [0.05, 0.1) is 18.1 Å². The summed E-state index contributed by atoms with van der Waals surface area (Å²) in [5.74, 6) is 0. The van der Waals surface area contributed by atoms with Crippen LogP contribution in [0, 0.1) is 0 Å². The second kappa shape index (κ2) is 5.86. The van der Waals surface area contributed by atoms with Crippen LogP contribution in [0.15, 0.2) is 23.1 Å². The van der Waals surface area contributed by atoms with Crippen molar-refractivity contribution in [1.29, 1.82) is 0 Å². The number of ether oxygens (including phenoxy) is 1. The molecule has 0 spiro atoms. The molecule has 2 N–H and O–H groups in total. The van der Waals surface area contributed by atoms with Crippen molar-refractivity contribution >= 4 is 16.1 Å². The first-order valence-electron chi connectivity index (χ1n) is 7.21. The fourth-order valence-corrected chi connectivity index (χ4v) is 3.39. The predicted molar refractivity (Wildman–Crippen MR) is 79.7 cm³/mol. The van der Waals surface area contributed by atoms with Crippen molar-refractivity contribution in [2.45, 2.75) is 17.9 Å². The highest BCUT2D eigenvalue weighted by Gasteiger charge is 2.26. The number of amides is 2. The zero-order valence-electron chi connectivity index (χ0n) is 12.2. The SMILES string of the molecule is NS(=O)(=O)c1ccc2c(c1)CN(C(=O)N1CCOCC1)CC2. The largest absolute Gasteiger partial charge is 0.378 e. The number of carbonyl (C=O) groups excluding carboxylic acids is 1. The molecule has 0 aliphatic carbocycles. The maximum atomic E-state index is 12.5. The van der Waals surface area contributed by atoms with Gasteiger partial charge in [0.15, 0.2) is 0 Å². The molecule has 1 aromatic rings.